The predicted molar refractivity (Wildman–Crippen MR) is 81.9 cm³/mol. The summed E-state index contributed by atoms with van der Waals surface area (Å²) >= 11 is 2.34. The summed E-state index contributed by atoms with van der Waals surface area (Å²) in [5, 5.41) is 3.37. The molecule has 1 aromatic rings. The van der Waals surface area contributed by atoms with Gasteiger partial charge < -0.3 is 10.2 Å². The van der Waals surface area contributed by atoms with E-state index in [-0.39, 0.29) is 0 Å². The van der Waals surface area contributed by atoms with Crippen LogP contribution in [0.3, 0.4) is 0 Å². The van der Waals surface area contributed by atoms with Gasteiger partial charge in [0.1, 0.15) is 5.82 Å². The first-order valence-electron chi connectivity index (χ1n) is 6.07. The van der Waals surface area contributed by atoms with Crippen molar-refractivity contribution in [1.82, 2.24) is 9.97 Å². The zero-order valence-corrected chi connectivity index (χ0v) is 13.2. The van der Waals surface area contributed by atoms with Crippen LogP contribution in [0, 0.1) is 3.57 Å². The maximum Gasteiger partial charge on any atom is 0.227 e. The van der Waals surface area contributed by atoms with E-state index in [9.17, 15) is 0 Å². The first kappa shape index (κ1) is 14.5. The molecule has 0 aromatic carbocycles. The minimum absolute atomic E-state index is 0.785. The van der Waals surface area contributed by atoms with Gasteiger partial charge in [0.2, 0.25) is 5.95 Å². The first-order valence-corrected chi connectivity index (χ1v) is 7.15. The highest BCUT2D eigenvalue weighted by molar-refractivity contribution is 14.1. The fraction of sp³-hybridized carbons (Fsp3) is 0.667. The van der Waals surface area contributed by atoms with E-state index in [0.29, 0.717) is 0 Å². The van der Waals surface area contributed by atoms with E-state index in [2.05, 4.69) is 51.7 Å². The molecule has 1 N–H and O–H groups in total. The number of nitrogens with zero attached hydrogens (tertiary/aromatic N) is 3. The average Bonchev–Trinajstić information content (AvgIpc) is 2.30. The maximum atomic E-state index is 4.60. The highest BCUT2D eigenvalue weighted by Gasteiger charge is 2.12. The molecule has 96 valence electrons. The van der Waals surface area contributed by atoms with E-state index in [1.807, 2.05) is 19.0 Å². The number of aromatic nitrogens is 2. The summed E-state index contributed by atoms with van der Waals surface area (Å²) in [6, 6.07) is 0. The second-order valence-electron chi connectivity index (χ2n) is 4.20. The Bertz CT molecular complexity index is 366. The fourth-order valence-electron chi connectivity index (χ4n) is 1.44. The molecule has 0 unspecified atom stereocenters. The monoisotopic (exact) mass is 348 g/mol. The predicted octanol–water partition coefficient (Wildman–Crippen LogP) is 2.92. The number of nitrogens with one attached hydrogen (secondary N) is 1. The van der Waals surface area contributed by atoms with Crippen LogP contribution in [0.4, 0.5) is 11.8 Å². The van der Waals surface area contributed by atoms with Gasteiger partial charge >= 0.3 is 0 Å². The Kier molecular flexibility index (Phi) is 5.94. The van der Waals surface area contributed by atoms with Crippen molar-refractivity contribution >= 4 is 34.4 Å². The molecule has 0 fully saturated rings. The zero-order valence-electron chi connectivity index (χ0n) is 11.0. The summed E-state index contributed by atoms with van der Waals surface area (Å²) in [6.07, 6.45) is 3.20. The lowest BCUT2D eigenvalue weighted by molar-refractivity contribution is 0.848. The summed E-state index contributed by atoms with van der Waals surface area (Å²) in [6.45, 7) is 5.28. The normalized spacial score (nSPS) is 10.4. The zero-order chi connectivity index (χ0) is 12.8. The van der Waals surface area contributed by atoms with Crippen LogP contribution in [0.15, 0.2) is 0 Å². The molecule has 0 aliphatic carbocycles. The number of anilines is 2. The fourth-order valence-corrected chi connectivity index (χ4v) is 2.15. The third-order valence-electron chi connectivity index (χ3n) is 2.34. The Balaban J connectivity index is 3.08. The molecule has 0 aliphatic rings. The van der Waals surface area contributed by atoms with Crippen LogP contribution in [-0.2, 0) is 6.42 Å². The van der Waals surface area contributed by atoms with Crippen molar-refractivity contribution in [3.8, 4) is 0 Å². The molecule has 0 saturated heterocycles. The lowest BCUT2D eigenvalue weighted by Crippen LogP contribution is -2.17. The highest BCUT2D eigenvalue weighted by Crippen LogP contribution is 2.22. The quantitative estimate of drug-likeness (QED) is 0.803. The van der Waals surface area contributed by atoms with Gasteiger partial charge in [-0.05, 0) is 35.4 Å². The molecular formula is C12H21IN4. The van der Waals surface area contributed by atoms with Crippen LogP contribution in [-0.4, -0.2) is 30.6 Å². The van der Waals surface area contributed by atoms with Crippen LogP contribution in [0.1, 0.15) is 32.4 Å². The van der Waals surface area contributed by atoms with Gasteiger partial charge in [-0.1, -0.05) is 20.3 Å². The molecule has 0 aliphatic heterocycles. The van der Waals surface area contributed by atoms with Crippen molar-refractivity contribution in [3.63, 3.8) is 0 Å². The summed E-state index contributed by atoms with van der Waals surface area (Å²) in [5.74, 6) is 1.75. The van der Waals surface area contributed by atoms with Gasteiger partial charge in [-0.2, -0.15) is 4.98 Å². The molecule has 0 saturated carbocycles. The molecule has 0 bridgehead atoms. The van der Waals surface area contributed by atoms with E-state index in [1.54, 1.807) is 0 Å². The van der Waals surface area contributed by atoms with E-state index in [0.717, 1.165) is 46.8 Å². The second-order valence-corrected chi connectivity index (χ2v) is 5.28. The molecule has 0 radical (unpaired) electrons. The summed E-state index contributed by atoms with van der Waals surface area (Å²) < 4.78 is 1.16. The van der Waals surface area contributed by atoms with Crippen LogP contribution in [0.25, 0.3) is 0 Å². The Morgan fingerprint density at radius 3 is 2.41 bits per heavy atom. The smallest absolute Gasteiger partial charge is 0.227 e. The van der Waals surface area contributed by atoms with Crippen LogP contribution in [0.2, 0.25) is 0 Å². The standard InChI is InChI=1S/C12H21IN4/c1-5-7-9-10(13)11(14-8-6-2)16-12(15-9)17(3)4/h5-8H2,1-4H3,(H,14,15,16). The van der Waals surface area contributed by atoms with E-state index in [4.69, 9.17) is 0 Å². The molecule has 4 nitrogen and oxygen atoms in total. The molecule has 0 atom stereocenters. The summed E-state index contributed by atoms with van der Waals surface area (Å²) in [4.78, 5) is 11.1. The van der Waals surface area contributed by atoms with Crippen molar-refractivity contribution in [2.24, 2.45) is 0 Å². The van der Waals surface area contributed by atoms with Gasteiger partial charge in [0.05, 0.1) is 9.26 Å². The third-order valence-corrected chi connectivity index (χ3v) is 3.47. The van der Waals surface area contributed by atoms with E-state index < -0.39 is 0 Å². The largest absolute Gasteiger partial charge is 0.369 e. The first-order chi connectivity index (χ1) is 8.10. The lowest BCUT2D eigenvalue weighted by Gasteiger charge is -2.16. The third kappa shape index (κ3) is 3.97. The van der Waals surface area contributed by atoms with Crippen LogP contribution < -0.4 is 10.2 Å². The number of halogens is 1. The minimum atomic E-state index is 0.785. The minimum Gasteiger partial charge on any atom is -0.369 e. The topological polar surface area (TPSA) is 41.1 Å². The van der Waals surface area contributed by atoms with Crippen LogP contribution >= 0.6 is 22.6 Å². The molecule has 1 aromatic heterocycles. The Morgan fingerprint density at radius 2 is 1.88 bits per heavy atom. The average molecular weight is 348 g/mol. The molecule has 17 heavy (non-hydrogen) atoms. The lowest BCUT2D eigenvalue weighted by atomic mass is 10.2. The molecule has 1 heterocycles. The van der Waals surface area contributed by atoms with Gasteiger partial charge in [0, 0.05) is 20.6 Å². The van der Waals surface area contributed by atoms with Crippen molar-refractivity contribution in [1.29, 1.82) is 0 Å². The van der Waals surface area contributed by atoms with Crippen molar-refractivity contribution in [3.05, 3.63) is 9.26 Å². The Labute approximate surface area is 117 Å². The Hall–Kier alpha value is -0.590. The van der Waals surface area contributed by atoms with Crippen molar-refractivity contribution in [2.45, 2.75) is 33.1 Å². The number of hydrogen-bond acceptors (Lipinski definition) is 4. The maximum absolute atomic E-state index is 4.60. The molecule has 0 spiro atoms. The highest BCUT2D eigenvalue weighted by atomic mass is 127. The van der Waals surface area contributed by atoms with Gasteiger partial charge in [-0.25, -0.2) is 4.98 Å². The van der Waals surface area contributed by atoms with Gasteiger partial charge in [0.25, 0.3) is 0 Å². The summed E-state index contributed by atoms with van der Waals surface area (Å²) in [5.41, 5.74) is 1.14. The number of rotatable bonds is 6. The molecule has 1 rings (SSSR count). The molecule has 5 heteroatoms. The Morgan fingerprint density at radius 1 is 1.18 bits per heavy atom. The summed E-state index contributed by atoms with van der Waals surface area (Å²) in [7, 11) is 3.95. The van der Waals surface area contributed by atoms with Crippen molar-refractivity contribution < 1.29 is 0 Å². The van der Waals surface area contributed by atoms with Crippen LogP contribution in [0.5, 0.6) is 0 Å². The second kappa shape index (κ2) is 6.98. The van der Waals surface area contributed by atoms with E-state index in [1.165, 1.54) is 0 Å². The molecule has 0 amide bonds. The SMILES string of the molecule is CCCNc1nc(N(C)C)nc(CCC)c1I. The van der Waals surface area contributed by atoms with Crippen molar-refractivity contribution in [2.75, 3.05) is 30.9 Å². The van der Waals surface area contributed by atoms with Gasteiger partial charge in [0.15, 0.2) is 0 Å². The van der Waals surface area contributed by atoms with E-state index >= 15 is 0 Å². The number of aryl methyl sites for hydroxylation is 1. The van der Waals surface area contributed by atoms with Gasteiger partial charge in [-0.3, -0.25) is 0 Å². The van der Waals surface area contributed by atoms with Gasteiger partial charge in [-0.15, -0.1) is 0 Å². The molecular weight excluding hydrogens is 327 g/mol. The number of hydrogen-bond donors (Lipinski definition) is 1.